The highest BCUT2D eigenvalue weighted by Gasteiger charge is 2.38. The van der Waals surface area contributed by atoms with E-state index in [4.69, 9.17) is 4.74 Å². The van der Waals surface area contributed by atoms with Crippen LogP contribution < -0.4 is 0 Å². The highest BCUT2D eigenvalue weighted by Crippen LogP contribution is 2.31. The number of likely N-dealkylation sites (tertiary alicyclic amines) is 1. The summed E-state index contributed by atoms with van der Waals surface area (Å²) in [4.78, 5) is 2.35. The molecule has 4 atom stereocenters. The van der Waals surface area contributed by atoms with Gasteiger partial charge in [-0.2, -0.15) is 0 Å². The van der Waals surface area contributed by atoms with Crippen molar-refractivity contribution in [3.05, 3.63) is 35.4 Å². The summed E-state index contributed by atoms with van der Waals surface area (Å²) < 4.78 is 5.57. The first kappa shape index (κ1) is 15.9. The van der Waals surface area contributed by atoms with Crippen LogP contribution in [-0.2, 0) is 4.74 Å². The molecule has 2 N–H and O–H groups in total. The molecule has 1 aromatic carbocycles. The Hall–Kier alpha value is -0.940. The Morgan fingerprint density at radius 1 is 1.32 bits per heavy atom. The van der Waals surface area contributed by atoms with Gasteiger partial charge in [-0.1, -0.05) is 24.3 Å². The average molecular weight is 305 g/mol. The van der Waals surface area contributed by atoms with Gasteiger partial charge in [0.2, 0.25) is 0 Å². The molecule has 4 nitrogen and oxygen atoms in total. The van der Waals surface area contributed by atoms with Crippen LogP contribution in [0.5, 0.6) is 0 Å². The van der Waals surface area contributed by atoms with Crippen molar-refractivity contribution in [1.29, 1.82) is 0 Å². The number of hydrogen-bond donors (Lipinski definition) is 2. The predicted molar refractivity (Wildman–Crippen MR) is 85.7 cm³/mol. The van der Waals surface area contributed by atoms with Crippen molar-refractivity contribution < 1.29 is 14.9 Å². The van der Waals surface area contributed by atoms with Gasteiger partial charge in [0.25, 0.3) is 0 Å². The molecule has 0 aromatic heterocycles. The number of hydrogen-bond acceptors (Lipinski definition) is 4. The quantitative estimate of drug-likeness (QED) is 0.892. The summed E-state index contributed by atoms with van der Waals surface area (Å²) >= 11 is 0. The summed E-state index contributed by atoms with van der Waals surface area (Å²) in [5.41, 5.74) is 2.14. The second kappa shape index (κ2) is 7.09. The lowest BCUT2D eigenvalue weighted by Crippen LogP contribution is -2.47. The van der Waals surface area contributed by atoms with Crippen molar-refractivity contribution in [1.82, 2.24) is 4.90 Å². The van der Waals surface area contributed by atoms with E-state index < -0.39 is 6.10 Å². The first-order chi connectivity index (χ1) is 10.7. The number of aliphatic hydroxyl groups excluding tert-OH is 2. The third kappa shape index (κ3) is 3.35. The van der Waals surface area contributed by atoms with E-state index in [1.807, 2.05) is 31.2 Å². The fraction of sp³-hybridized carbons (Fsp3) is 0.667. The molecule has 0 bridgehead atoms. The first-order valence-corrected chi connectivity index (χ1v) is 8.40. The Morgan fingerprint density at radius 3 is 2.91 bits per heavy atom. The van der Waals surface area contributed by atoms with Gasteiger partial charge >= 0.3 is 0 Å². The van der Waals surface area contributed by atoms with E-state index in [1.165, 1.54) is 0 Å². The maximum atomic E-state index is 10.6. The number of benzene rings is 1. The average Bonchev–Trinajstić information content (AvgIpc) is 2.96. The second-order valence-electron chi connectivity index (χ2n) is 6.67. The smallest absolute Gasteiger partial charge is 0.0919 e. The Kier molecular flexibility index (Phi) is 5.14. The monoisotopic (exact) mass is 305 g/mol. The minimum Gasteiger partial charge on any atom is -0.393 e. The summed E-state index contributed by atoms with van der Waals surface area (Å²) in [5, 5.41) is 20.9. The van der Waals surface area contributed by atoms with E-state index in [-0.39, 0.29) is 12.0 Å². The van der Waals surface area contributed by atoms with Gasteiger partial charge in [-0.3, -0.25) is 4.90 Å². The predicted octanol–water partition coefficient (Wildman–Crippen LogP) is 1.89. The number of β-amino-alcohol motifs (C(OH)–C–C–N with tert-alkyl or cyclic N) is 1. The zero-order chi connectivity index (χ0) is 15.5. The van der Waals surface area contributed by atoms with Crippen molar-refractivity contribution in [2.24, 2.45) is 5.92 Å². The maximum Gasteiger partial charge on any atom is 0.0919 e. The molecule has 0 amide bonds. The van der Waals surface area contributed by atoms with Gasteiger partial charge in [-0.05, 0) is 43.9 Å². The number of aliphatic hydroxyl groups is 2. The van der Waals surface area contributed by atoms with E-state index in [1.54, 1.807) is 0 Å². The summed E-state index contributed by atoms with van der Waals surface area (Å²) in [6.07, 6.45) is 2.22. The molecule has 0 radical (unpaired) electrons. The molecule has 0 aliphatic carbocycles. The van der Waals surface area contributed by atoms with Crippen LogP contribution in [0, 0.1) is 12.8 Å². The van der Waals surface area contributed by atoms with Crippen molar-refractivity contribution in [3.8, 4) is 0 Å². The number of nitrogens with zero attached hydrogens (tertiary/aromatic N) is 1. The molecule has 1 aromatic rings. The van der Waals surface area contributed by atoms with Crippen LogP contribution in [0.2, 0.25) is 0 Å². The van der Waals surface area contributed by atoms with E-state index >= 15 is 0 Å². The van der Waals surface area contributed by atoms with Crippen LogP contribution in [0.1, 0.15) is 36.5 Å². The topological polar surface area (TPSA) is 52.9 Å². The molecule has 22 heavy (non-hydrogen) atoms. The van der Waals surface area contributed by atoms with E-state index in [0.29, 0.717) is 25.8 Å². The van der Waals surface area contributed by atoms with Crippen LogP contribution in [0.25, 0.3) is 0 Å². The minimum absolute atomic E-state index is 0.181. The summed E-state index contributed by atoms with van der Waals surface area (Å²) in [7, 11) is 0. The van der Waals surface area contributed by atoms with E-state index in [9.17, 15) is 10.2 Å². The van der Waals surface area contributed by atoms with Gasteiger partial charge in [-0.15, -0.1) is 0 Å². The fourth-order valence-corrected chi connectivity index (χ4v) is 3.96. The molecule has 2 aliphatic rings. The Bertz CT molecular complexity index is 493. The molecule has 4 unspecified atom stereocenters. The third-order valence-corrected chi connectivity index (χ3v) is 5.23. The first-order valence-electron chi connectivity index (χ1n) is 8.40. The highest BCUT2D eigenvalue weighted by molar-refractivity contribution is 5.27. The SMILES string of the molecule is Cc1ccccc1C(O)CN1CCCC1C1COCCC1O. The molecule has 122 valence electrons. The highest BCUT2D eigenvalue weighted by atomic mass is 16.5. The maximum absolute atomic E-state index is 10.6. The van der Waals surface area contributed by atoms with Crippen molar-refractivity contribution in [2.75, 3.05) is 26.3 Å². The van der Waals surface area contributed by atoms with Crippen molar-refractivity contribution in [2.45, 2.75) is 44.4 Å². The molecule has 0 saturated carbocycles. The summed E-state index contributed by atoms with van der Waals surface area (Å²) in [6.45, 7) is 4.98. The van der Waals surface area contributed by atoms with Crippen LogP contribution >= 0.6 is 0 Å². The lowest BCUT2D eigenvalue weighted by molar-refractivity contribution is -0.0664. The lowest BCUT2D eigenvalue weighted by atomic mass is 9.89. The molecular formula is C18H27NO3. The Labute approximate surface area is 132 Å². The molecular weight excluding hydrogens is 278 g/mol. The summed E-state index contributed by atoms with van der Waals surface area (Å²) in [5.74, 6) is 0.181. The van der Waals surface area contributed by atoms with Crippen molar-refractivity contribution in [3.63, 3.8) is 0 Å². The lowest BCUT2D eigenvalue weighted by Gasteiger charge is -2.37. The van der Waals surface area contributed by atoms with Gasteiger partial charge in [0.15, 0.2) is 0 Å². The second-order valence-corrected chi connectivity index (χ2v) is 6.67. The number of rotatable bonds is 4. The van der Waals surface area contributed by atoms with E-state index in [0.717, 1.165) is 36.9 Å². The van der Waals surface area contributed by atoms with Crippen LogP contribution in [-0.4, -0.2) is 53.6 Å². The molecule has 0 spiro atoms. The van der Waals surface area contributed by atoms with Crippen LogP contribution in [0.3, 0.4) is 0 Å². The zero-order valence-corrected chi connectivity index (χ0v) is 13.3. The van der Waals surface area contributed by atoms with Gasteiger partial charge < -0.3 is 14.9 Å². The normalized spacial score (nSPS) is 31.3. The van der Waals surface area contributed by atoms with Gasteiger partial charge in [0.05, 0.1) is 18.8 Å². The third-order valence-electron chi connectivity index (χ3n) is 5.23. The molecule has 4 heteroatoms. The van der Waals surface area contributed by atoms with Gasteiger partial charge in [0, 0.05) is 25.1 Å². The summed E-state index contributed by atoms with van der Waals surface area (Å²) in [6, 6.07) is 8.35. The minimum atomic E-state index is -0.469. The van der Waals surface area contributed by atoms with Crippen LogP contribution in [0.15, 0.2) is 24.3 Å². The number of ether oxygens (including phenoxy) is 1. The molecule has 3 rings (SSSR count). The molecule has 2 aliphatic heterocycles. The fourth-order valence-electron chi connectivity index (χ4n) is 3.96. The zero-order valence-electron chi connectivity index (χ0n) is 13.3. The largest absolute Gasteiger partial charge is 0.393 e. The standard InChI is InChI=1S/C18H27NO3/c1-13-5-2-3-6-14(13)18(21)11-19-9-4-7-16(19)15-12-22-10-8-17(15)20/h2-3,5-6,15-18,20-21H,4,7-12H2,1H3. The van der Waals surface area contributed by atoms with Crippen LogP contribution in [0.4, 0.5) is 0 Å². The molecule has 2 heterocycles. The Morgan fingerprint density at radius 2 is 2.14 bits per heavy atom. The molecule has 2 fully saturated rings. The van der Waals surface area contributed by atoms with E-state index in [2.05, 4.69) is 4.90 Å². The van der Waals surface area contributed by atoms with Gasteiger partial charge in [0.1, 0.15) is 0 Å². The number of aryl methyl sites for hydroxylation is 1. The van der Waals surface area contributed by atoms with Crippen molar-refractivity contribution >= 4 is 0 Å². The Balaban J connectivity index is 1.67. The molecule has 2 saturated heterocycles. The van der Waals surface area contributed by atoms with Gasteiger partial charge in [-0.25, -0.2) is 0 Å².